The van der Waals surface area contributed by atoms with Crippen molar-refractivity contribution < 1.29 is 9.59 Å². The third-order valence-electron chi connectivity index (χ3n) is 8.24. The molecule has 4 atom stereocenters. The van der Waals surface area contributed by atoms with Crippen molar-refractivity contribution in [3.05, 3.63) is 98.5 Å². The summed E-state index contributed by atoms with van der Waals surface area (Å²) in [5.74, 6) is -1.52. The van der Waals surface area contributed by atoms with Gasteiger partial charge < -0.3 is 0 Å². The van der Waals surface area contributed by atoms with Gasteiger partial charge in [-0.15, -0.1) is 0 Å². The Kier molecular flexibility index (Phi) is 5.34. The van der Waals surface area contributed by atoms with Crippen LogP contribution in [-0.2, 0) is 15.1 Å². The monoisotopic (exact) mass is 558 g/mol. The second kappa shape index (κ2) is 8.49. The zero-order valence-electron chi connectivity index (χ0n) is 21.2. The zero-order valence-corrected chi connectivity index (χ0v) is 22.7. The molecule has 3 aliphatic heterocycles. The van der Waals surface area contributed by atoms with Gasteiger partial charge in [-0.2, -0.15) is 0 Å². The fourth-order valence-corrected chi connectivity index (χ4v) is 7.32. The Hall–Kier alpha value is -3.52. The highest BCUT2D eigenvalue weighted by molar-refractivity contribution is 6.38. The fraction of sp³-hybridized carbons (Fsp3) is 0.267. The van der Waals surface area contributed by atoms with Crippen LogP contribution >= 0.6 is 23.2 Å². The number of hydrogen-bond donors (Lipinski definition) is 1. The molecule has 196 valence electrons. The molecular weight excluding hydrogens is 535 g/mol. The zero-order chi connectivity index (χ0) is 27.2. The predicted molar refractivity (Wildman–Crippen MR) is 150 cm³/mol. The van der Waals surface area contributed by atoms with E-state index in [1.807, 2.05) is 36.4 Å². The van der Waals surface area contributed by atoms with E-state index in [-0.39, 0.29) is 34.4 Å². The molecule has 7 rings (SSSR count). The largest absolute Gasteiger partial charge is 0.297 e. The molecule has 0 radical (unpaired) electrons. The Bertz CT molecular complexity index is 1780. The van der Waals surface area contributed by atoms with E-state index < -0.39 is 17.4 Å². The first-order chi connectivity index (χ1) is 18.7. The van der Waals surface area contributed by atoms with Gasteiger partial charge >= 0.3 is 0 Å². The lowest BCUT2D eigenvalue weighted by Gasteiger charge is -2.32. The molecule has 3 aliphatic rings. The lowest BCUT2D eigenvalue weighted by Crippen LogP contribution is -2.50. The highest BCUT2D eigenvalue weighted by atomic mass is 35.5. The summed E-state index contributed by atoms with van der Waals surface area (Å²) in [6.07, 6.45) is 0.657. The average Bonchev–Trinajstić information content (AvgIpc) is 3.47. The first kappa shape index (κ1) is 24.5. The van der Waals surface area contributed by atoms with Crippen LogP contribution in [0.4, 0.5) is 5.69 Å². The van der Waals surface area contributed by atoms with Gasteiger partial charge in [-0.05, 0) is 48.7 Å². The number of halogens is 2. The average molecular weight is 559 g/mol. The Balaban J connectivity index is 1.52. The number of nitrogens with zero attached hydrogens (tertiary/aromatic N) is 3. The van der Waals surface area contributed by atoms with Crippen molar-refractivity contribution >= 4 is 51.6 Å². The van der Waals surface area contributed by atoms with Gasteiger partial charge in [-0.3, -0.25) is 24.3 Å². The standard InChI is InChI=1S/C30H24Cl2N4O3/c1-15(2)13-21-24-25(28(39)35(27(24)38)23-12-11-16(31)14-19(23)32)30(34-21)18-8-4-6-10-22(18)36-26(37)17-7-3-5-9-20(17)33-29(30)36/h3-12,14-15,21,24-25,34H,13H2,1-2H3. The number of nitrogens with one attached hydrogen (secondary N) is 1. The van der Waals surface area contributed by atoms with Gasteiger partial charge in [0.1, 0.15) is 11.4 Å². The van der Waals surface area contributed by atoms with E-state index >= 15 is 0 Å². The maximum atomic E-state index is 14.5. The first-order valence-electron chi connectivity index (χ1n) is 13.0. The number of carbonyl (C=O) groups is 2. The molecule has 4 aromatic rings. The van der Waals surface area contributed by atoms with Gasteiger partial charge in [-0.1, -0.05) is 67.4 Å². The van der Waals surface area contributed by atoms with Crippen molar-refractivity contribution in [2.45, 2.75) is 31.8 Å². The molecule has 9 heteroatoms. The Morgan fingerprint density at radius 1 is 0.949 bits per heavy atom. The van der Waals surface area contributed by atoms with E-state index in [4.69, 9.17) is 28.2 Å². The van der Waals surface area contributed by atoms with E-state index in [1.165, 1.54) is 11.0 Å². The normalized spacial score (nSPS) is 25.2. The first-order valence-corrected chi connectivity index (χ1v) is 13.7. The van der Waals surface area contributed by atoms with Gasteiger partial charge in [0, 0.05) is 16.6 Å². The topological polar surface area (TPSA) is 84.3 Å². The van der Waals surface area contributed by atoms with Crippen LogP contribution in [0.1, 0.15) is 31.7 Å². The number of para-hydroxylation sites is 2. The molecule has 2 fully saturated rings. The number of anilines is 1. The van der Waals surface area contributed by atoms with Crippen LogP contribution in [0.25, 0.3) is 16.6 Å². The third-order valence-corrected chi connectivity index (χ3v) is 8.78. The number of carbonyl (C=O) groups excluding carboxylic acids is 2. The maximum Gasteiger partial charge on any atom is 0.266 e. The number of fused-ring (bicyclic) bond motifs is 8. The highest BCUT2D eigenvalue weighted by Gasteiger charge is 2.69. The van der Waals surface area contributed by atoms with Crippen LogP contribution in [0.5, 0.6) is 0 Å². The molecule has 0 bridgehead atoms. The molecule has 1 N–H and O–H groups in total. The highest BCUT2D eigenvalue weighted by Crippen LogP contribution is 2.56. The molecule has 1 aromatic heterocycles. The number of amides is 2. The summed E-state index contributed by atoms with van der Waals surface area (Å²) < 4.78 is 1.61. The summed E-state index contributed by atoms with van der Waals surface area (Å²) in [6.45, 7) is 4.17. The summed E-state index contributed by atoms with van der Waals surface area (Å²) in [4.78, 5) is 48.7. The number of rotatable bonds is 3. The Morgan fingerprint density at radius 3 is 2.46 bits per heavy atom. The SMILES string of the molecule is CC(C)CC1NC2(c3ccccc3-n3c2nc2ccccc2c3=O)C2C(=O)N(c3ccc(Cl)cc3Cl)C(=O)C12. The third kappa shape index (κ3) is 3.21. The van der Waals surface area contributed by atoms with Gasteiger partial charge in [0.25, 0.3) is 5.56 Å². The van der Waals surface area contributed by atoms with Crippen LogP contribution in [0.2, 0.25) is 10.0 Å². The van der Waals surface area contributed by atoms with Gasteiger partial charge in [-0.25, -0.2) is 9.88 Å². The van der Waals surface area contributed by atoms with E-state index in [1.54, 1.807) is 28.8 Å². The van der Waals surface area contributed by atoms with Crippen LogP contribution in [0.3, 0.4) is 0 Å². The number of imide groups is 1. The predicted octanol–water partition coefficient (Wildman–Crippen LogP) is 5.07. The van der Waals surface area contributed by atoms with E-state index in [0.717, 1.165) is 5.56 Å². The molecular formula is C30H24Cl2N4O3. The van der Waals surface area contributed by atoms with Gasteiger partial charge in [0.05, 0.1) is 39.1 Å². The lowest BCUT2D eigenvalue weighted by atomic mass is 9.75. The van der Waals surface area contributed by atoms with E-state index in [0.29, 0.717) is 39.5 Å². The quantitative estimate of drug-likeness (QED) is 0.355. The number of hydrogen-bond acceptors (Lipinski definition) is 5. The molecule has 0 saturated carbocycles. The summed E-state index contributed by atoms with van der Waals surface area (Å²) in [7, 11) is 0. The van der Waals surface area contributed by atoms with Crippen LogP contribution in [0.15, 0.2) is 71.5 Å². The van der Waals surface area contributed by atoms with E-state index in [2.05, 4.69) is 19.2 Å². The molecule has 2 saturated heterocycles. The van der Waals surface area contributed by atoms with Crippen molar-refractivity contribution in [1.29, 1.82) is 0 Å². The second-order valence-corrected chi connectivity index (χ2v) is 11.8. The smallest absolute Gasteiger partial charge is 0.266 e. The van der Waals surface area contributed by atoms with Crippen molar-refractivity contribution in [3.8, 4) is 5.69 Å². The summed E-state index contributed by atoms with van der Waals surface area (Å²) in [5.41, 5.74) is 0.886. The van der Waals surface area contributed by atoms with Crippen LogP contribution in [0, 0.1) is 17.8 Å². The minimum atomic E-state index is -1.18. The minimum Gasteiger partial charge on any atom is -0.297 e. The van der Waals surface area contributed by atoms with Gasteiger partial charge in [0.15, 0.2) is 0 Å². The Labute approximate surface area is 234 Å². The van der Waals surface area contributed by atoms with Crippen molar-refractivity contribution in [2.75, 3.05) is 4.90 Å². The van der Waals surface area contributed by atoms with Crippen LogP contribution < -0.4 is 15.8 Å². The second-order valence-electron chi connectivity index (χ2n) is 10.9. The molecule has 4 heterocycles. The molecule has 4 unspecified atom stereocenters. The molecule has 7 nitrogen and oxygen atoms in total. The van der Waals surface area contributed by atoms with Gasteiger partial charge in [0.2, 0.25) is 11.8 Å². The summed E-state index contributed by atoms with van der Waals surface area (Å²) in [5, 5.41) is 4.84. The summed E-state index contributed by atoms with van der Waals surface area (Å²) in [6, 6.07) is 19.2. The minimum absolute atomic E-state index is 0.208. The number of benzene rings is 3. The lowest BCUT2D eigenvalue weighted by molar-refractivity contribution is -0.123. The van der Waals surface area contributed by atoms with E-state index in [9.17, 15) is 14.4 Å². The summed E-state index contributed by atoms with van der Waals surface area (Å²) >= 11 is 12.6. The molecule has 2 amide bonds. The molecule has 0 aliphatic carbocycles. The van der Waals surface area contributed by atoms with Crippen LogP contribution in [-0.4, -0.2) is 27.4 Å². The molecule has 3 aromatic carbocycles. The van der Waals surface area contributed by atoms with Crippen molar-refractivity contribution in [3.63, 3.8) is 0 Å². The molecule has 1 spiro atoms. The fourth-order valence-electron chi connectivity index (χ4n) is 6.83. The van der Waals surface area contributed by atoms with Crippen molar-refractivity contribution in [1.82, 2.24) is 14.9 Å². The molecule has 39 heavy (non-hydrogen) atoms. The Morgan fingerprint density at radius 2 is 1.69 bits per heavy atom. The maximum absolute atomic E-state index is 14.5. The van der Waals surface area contributed by atoms with Crippen molar-refractivity contribution in [2.24, 2.45) is 17.8 Å². The number of aromatic nitrogens is 2.